The number of carbonyl (C=O) groups excluding carboxylic acids is 12. The van der Waals surface area contributed by atoms with Gasteiger partial charge in [0.15, 0.2) is 0 Å². The molecule has 12 amide bonds. The zero-order valence-corrected chi connectivity index (χ0v) is 64.0. The van der Waals surface area contributed by atoms with Crippen molar-refractivity contribution in [1.82, 2.24) is 60.0 Å². The van der Waals surface area contributed by atoms with Crippen LogP contribution in [0, 0.1) is 47.3 Å². The molecule has 0 aromatic heterocycles. The Morgan fingerprint density at radius 3 is 1.81 bits per heavy atom. The van der Waals surface area contributed by atoms with E-state index >= 15 is 37.5 Å². The number of amides is 12. The van der Waals surface area contributed by atoms with E-state index in [-0.39, 0.29) is 96.2 Å². The molecule has 5 saturated carbocycles. The predicted octanol–water partition coefficient (Wildman–Crippen LogP) is 6.73. The average Bonchev–Trinajstić information content (AvgIpc) is 1.50. The summed E-state index contributed by atoms with van der Waals surface area (Å²) >= 11 is 0. The number of rotatable bonds is 12. The number of likely N-dealkylation sites (N-methyl/N-ethyl adjacent to an activating group) is 7. The number of nitrogens with zero attached hydrogens (tertiary/aromatic N) is 9. The van der Waals surface area contributed by atoms with Gasteiger partial charge in [-0.15, -0.1) is 0 Å². The van der Waals surface area contributed by atoms with Gasteiger partial charge < -0.3 is 60.0 Å². The van der Waals surface area contributed by atoms with E-state index in [1.54, 1.807) is 32.9 Å². The zero-order chi connectivity index (χ0) is 79.1. The van der Waals surface area contributed by atoms with Crippen LogP contribution in [0.1, 0.15) is 182 Å². The number of hydrogen-bond donors (Lipinski definition) is 3. The molecule has 32 heteroatoms. The van der Waals surface area contributed by atoms with Gasteiger partial charge in [-0.3, -0.25) is 57.5 Å². The van der Waals surface area contributed by atoms with Crippen LogP contribution in [0.3, 0.4) is 0 Å². The van der Waals surface area contributed by atoms with Crippen molar-refractivity contribution in [2.75, 3.05) is 82.1 Å². The number of carbonyl (C=O) groups is 12. The second kappa shape index (κ2) is 36.1. The van der Waals surface area contributed by atoms with Crippen molar-refractivity contribution in [3.63, 3.8) is 0 Å². The molecule has 12 atom stereocenters. The summed E-state index contributed by atoms with van der Waals surface area (Å²) in [6, 6.07) is -11.0. The van der Waals surface area contributed by atoms with E-state index in [0.29, 0.717) is 57.8 Å². The molecule has 0 aromatic carbocycles. The van der Waals surface area contributed by atoms with E-state index in [9.17, 15) is 55.1 Å². The second-order valence-electron chi connectivity index (χ2n) is 32.3. The van der Waals surface area contributed by atoms with Crippen LogP contribution in [0.5, 0.6) is 0 Å². The molecular formula is C75H114F8N12O12. The van der Waals surface area contributed by atoms with E-state index < -0.39 is 230 Å². The highest BCUT2D eigenvalue weighted by atomic mass is 19.4. The molecule has 8 rings (SSSR count). The Labute approximate surface area is 623 Å². The second-order valence-corrected chi connectivity index (χ2v) is 32.3. The summed E-state index contributed by atoms with van der Waals surface area (Å²) < 4.78 is 115. The summed E-state index contributed by atoms with van der Waals surface area (Å²) in [5.74, 6) is -17.0. The fourth-order valence-electron chi connectivity index (χ4n) is 17.5. The SMILES string of the molecule is CCCN(C)C(=O)[C@@H]1CC(=O)N(C)[C@@H](C2CC2)C(=O)N[C@@H]([C@@H](C)CC)C(=O)N(C)CC(=O)N(C)[C@H]2C/C=C\CCN(C2=O)[C@@H](CC2CCC(C(F)(F)F)CC2)C(=O)N(C)CC(=O)N[C@@H](CCC2CC(F)C(C(F)(F)F)C(F)C2)C(=O)N2C[C@@H](C)C[C@H]2C(=O)NC2(CCC2)C(=O)N(C)[C@@H](C2CCCC2)C(=O)N1C. The van der Waals surface area contributed by atoms with Crippen LogP contribution in [0.2, 0.25) is 0 Å². The summed E-state index contributed by atoms with van der Waals surface area (Å²) in [6.07, 6.45) is -10.2. The third kappa shape index (κ3) is 20.3. The van der Waals surface area contributed by atoms with Crippen molar-refractivity contribution in [2.24, 2.45) is 47.3 Å². The first-order chi connectivity index (χ1) is 50.2. The number of nitrogens with one attached hydrogen (secondary N) is 3. The minimum atomic E-state index is -5.20. The molecule has 0 aromatic rings. The topological polar surface area (TPSA) is 270 Å². The van der Waals surface area contributed by atoms with Crippen LogP contribution >= 0.6 is 0 Å². The zero-order valence-electron chi connectivity index (χ0n) is 64.0. The fourth-order valence-corrected chi connectivity index (χ4v) is 17.5. The summed E-state index contributed by atoms with van der Waals surface area (Å²) in [4.78, 5) is 192. The van der Waals surface area contributed by atoms with Crippen molar-refractivity contribution < 1.29 is 92.7 Å². The summed E-state index contributed by atoms with van der Waals surface area (Å²) in [7, 11) is 9.66. The first-order valence-corrected chi connectivity index (χ1v) is 38.6. The number of halogens is 8. The maximum atomic E-state index is 15.6. The number of fused-ring (bicyclic) bond motifs is 3. The third-order valence-electron chi connectivity index (χ3n) is 24.5. The van der Waals surface area contributed by atoms with Crippen LogP contribution < -0.4 is 16.0 Å². The molecule has 7 fully saturated rings. The van der Waals surface area contributed by atoms with Gasteiger partial charge in [0.1, 0.15) is 72.1 Å². The van der Waals surface area contributed by atoms with Crippen LogP contribution in [0.4, 0.5) is 35.1 Å². The Kier molecular flexibility index (Phi) is 28.8. The molecule has 2 bridgehead atoms. The summed E-state index contributed by atoms with van der Waals surface area (Å²) in [5.41, 5.74) is -1.64. The molecule has 0 radical (unpaired) electrons. The molecule has 3 N–H and O–H groups in total. The lowest BCUT2D eigenvalue weighted by Gasteiger charge is -2.47. The Morgan fingerprint density at radius 1 is 0.626 bits per heavy atom. The van der Waals surface area contributed by atoms with E-state index in [4.69, 9.17) is 0 Å². The summed E-state index contributed by atoms with van der Waals surface area (Å²) in [6.45, 7) is 5.58. The van der Waals surface area contributed by atoms with Crippen molar-refractivity contribution >= 4 is 70.9 Å². The normalized spacial score (nSPS) is 32.8. The van der Waals surface area contributed by atoms with Gasteiger partial charge in [-0.05, 0) is 164 Å². The van der Waals surface area contributed by atoms with E-state index in [0.717, 1.165) is 14.7 Å². The van der Waals surface area contributed by atoms with Gasteiger partial charge in [-0.25, -0.2) is 8.78 Å². The highest BCUT2D eigenvalue weighted by Gasteiger charge is 2.56. The van der Waals surface area contributed by atoms with Gasteiger partial charge in [0.05, 0.1) is 25.4 Å². The van der Waals surface area contributed by atoms with Gasteiger partial charge >= 0.3 is 12.4 Å². The van der Waals surface area contributed by atoms with Crippen LogP contribution in [0.25, 0.3) is 0 Å². The minimum Gasteiger partial charge on any atom is -0.344 e. The van der Waals surface area contributed by atoms with Crippen molar-refractivity contribution in [3.05, 3.63) is 12.2 Å². The first-order valence-electron chi connectivity index (χ1n) is 38.6. The van der Waals surface area contributed by atoms with E-state index in [1.807, 2.05) is 6.92 Å². The van der Waals surface area contributed by atoms with E-state index in [2.05, 4.69) is 16.0 Å². The monoisotopic (exact) mass is 1530 g/mol. The quantitative estimate of drug-likeness (QED) is 0.136. The standard InChI is InChI=1S/C75H114F8N12O12/c1-12-33-87(5)67(102)55-39-58(97)92(10)62(48-26-27-48)65(100)85-61(44(4)13-2)70(105)89(7)42-59(98)90(8)53-22-15-14-18-34-94(69(53)104)56(38-45-23-28-49(29-24-45)74(78,79)80)68(103)88(6)41-57(96)84-52(30-25-46-36-50(76)60(51(77)37-46)75(81,82)83)66(101)95-40-43(3)35-54(95)64(99)86-73(31-19-32-73)72(107)93(11)63(71(106)91(55)9)47-20-16-17-21-47/h14-15,43-56,60-63H,12-13,16-42H2,1-11H3,(H,84,96)(H,85,100)(H,86,99)/b15-14-/t43-,44-,45?,46?,49?,50?,51?,52-,53-,54-,55-,56-,60?,61-,62-,63-/m0/s1. The van der Waals surface area contributed by atoms with Crippen molar-refractivity contribution in [2.45, 2.75) is 260 Å². The van der Waals surface area contributed by atoms with Gasteiger partial charge in [-0.1, -0.05) is 59.1 Å². The average molecular weight is 1530 g/mol. The van der Waals surface area contributed by atoms with Gasteiger partial charge in [0, 0.05) is 69.0 Å². The highest BCUT2D eigenvalue weighted by molar-refractivity contribution is 6.01. The third-order valence-corrected chi connectivity index (χ3v) is 24.5. The molecule has 8 aliphatic rings. The highest BCUT2D eigenvalue weighted by Crippen LogP contribution is 2.46. The fraction of sp³-hybridized carbons (Fsp3) is 0.813. The smallest absolute Gasteiger partial charge is 0.344 e. The Morgan fingerprint density at radius 2 is 1.24 bits per heavy atom. The van der Waals surface area contributed by atoms with Gasteiger partial charge in [0.2, 0.25) is 70.9 Å². The molecule has 1 spiro atoms. The minimum absolute atomic E-state index is 0.00630. The van der Waals surface area contributed by atoms with Crippen molar-refractivity contribution in [3.8, 4) is 0 Å². The maximum Gasteiger partial charge on any atom is 0.397 e. The molecule has 3 aliphatic heterocycles. The largest absolute Gasteiger partial charge is 0.397 e. The summed E-state index contributed by atoms with van der Waals surface area (Å²) in [5, 5.41) is 8.48. The van der Waals surface area contributed by atoms with Crippen LogP contribution in [-0.4, -0.2) is 276 Å². The molecule has 2 saturated heterocycles. The Balaban J connectivity index is 1.19. The van der Waals surface area contributed by atoms with Crippen LogP contribution in [-0.2, 0) is 57.5 Å². The molecule has 3 heterocycles. The predicted molar refractivity (Wildman–Crippen MR) is 377 cm³/mol. The van der Waals surface area contributed by atoms with Crippen LogP contribution in [0.15, 0.2) is 12.2 Å². The lowest BCUT2D eigenvalue weighted by atomic mass is 9.74. The molecule has 602 valence electrons. The lowest BCUT2D eigenvalue weighted by Crippen LogP contribution is -2.68. The van der Waals surface area contributed by atoms with Gasteiger partial charge in [0.25, 0.3) is 0 Å². The molecule has 2 unspecified atom stereocenters. The lowest BCUT2D eigenvalue weighted by molar-refractivity contribution is -0.219. The Bertz CT molecular complexity index is 3240. The molecular weight excluding hydrogens is 1410 g/mol. The Hall–Kier alpha value is -7.18. The van der Waals surface area contributed by atoms with Crippen molar-refractivity contribution in [1.29, 1.82) is 0 Å². The number of alkyl halides is 8. The van der Waals surface area contributed by atoms with Gasteiger partial charge in [-0.2, -0.15) is 26.3 Å². The number of hydrogen-bond acceptors (Lipinski definition) is 12. The molecule has 107 heavy (non-hydrogen) atoms. The molecule has 24 nitrogen and oxygen atoms in total. The van der Waals surface area contributed by atoms with E-state index in [1.165, 1.54) is 78.7 Å². The molecule has 5 aliphatic carbocycles. The first kappa shape index (κ1) is 85.4. The maximum absolute atomic E-state index is 15.6.